The number of likely N-dealkylation sites (tertiary alicyclic amines) is 1. The smallest absolute Gasteiger partial charge is 0.243 e. The first-order chi connectivity index (χ1) is 9.08. The fraction of sp³-hybridized carbons (Fsp3) is 0.750. The van der Waals surface area contributed by atoms with Gasteiger partial charge >= 0.3 is 0 Å². The Labute approximate surface area is 114 Å². The Morgan fingerprint density at radius 1 is 1.47 bits per heavy atom. The third-order valence-electron chi connectivity index (χ3n) is 3.60. The zero-order chi connectivity index (χ0) is 13.7. The van der Waals surface area contributed by atoms with Crippen molar-refractivity contribution in [2.24, 2.45) is 5.92 Å². The average molecular weight is 286 g/mol. The van der Waals surface area contributed by atoms with Gasteiger partial charge in [-0.15, -0.1) is 0 Å². The van der Waals surface area contributed by atoms with Gasteiger partial charge in [0.1, 0.15) is 4.90 Å². The largest absolute Gasteiger partial charge is 0.303 e. The van der Waals surface area contributed by atoms with E-state index in [2.05, 4.69) is 26.7 Å². The highest BCUT2D eigenvalue weighted by Gasteiger charge is 2.16. The van der Waals surface area contributed by atoms with Crippen LogP contribution in [0.4, 0.5) is 0 Å². The molecule has 1 aliphatic heterocycles. The van der Waals surface area contributed by atoms with Crippen LogP contribution in [-0.4, -0.2) is 49.7 Å². The number of nitrogens with zero attached hydrogens (tertiary/aromatic N) is 2. The maximum atomic E-state index is 11.8. The highest BCUT2D eigenvalue weighted by molar-refractivity contribution is 7.89. The zero-order valence-electron chi connectivity index (χ0n) is 11.3. The summed E-state index contributed by atoms with van der Waals surface area (Å²) >= 11 is 0. The molecule has 2 heterocycles. The molecule has 19 heavy (non-hydrogen) atoms. The number of hydrogen-bond acceptors (Lipinski definition) is 4. The van der Waals surface area contributed by atoms with Crippen molar-refractivity contribution in [1.82, 2.24) is 19.8 Å². The summed E-state index contributed by atoms with van der Waals surface area (Å²) in [6.07, 6.45) is 6.04. The Balaban J connectivity index is 1.67. The molecule has 0 spiro atoms. The summed E-state index contributed by atoms with van der Waals surface area (Å²) in [6, 6.07) is 0. The van der Waals surface area contributed by atoms with E-state index in [-0.39, 0.29) is 4.90 Å². The summed E-state index contributed by atoms with van der Waals surface area (Å²) in [7, 11) is -3.39. The SMILES string of the molecule is CC1CCN(CCCNS(=O)(=O)c2cn[nH]c2)CC1. The van der Waals surface area contributed by atoms with Crippen molar-refractivity contribution in [1.29, 1.82) is 0 Å². The lowest BCUT2D eigenvalue weighted by atomic mass is 9.99. The van der Waals surface area contributed by atoms with Gasteiger partial charge in [-0.25, -0.2) is 13.1 Å². The summed E-state index contributed by atoms with van der Waals surface area (Å²) in [5.41, 5.74) is 0. The Kier molecular flexibility index (Phi) is 4.95. The van der Waals surface area contributed by atoms with Gasteiger partial charge in [-0.2, -0.15) is 5.10 Å². The second-order valence-corrected chi connectivity index (χ2v) is 6.98. The third kappa shape index (κ3) is 4.29. The molecule has 0 saturated carbocycles. The lowest BCUT2D eigenvalue weighted by molar-refractivity contribution is 0.191. The van der Waals surface area contributed by atoms with Gasteiger partial charge in [-0.1, -0.05) is 6.92 Å². The van der Waals surface area contributed by atoms with Gasteiger partial charge in [0.05, 0.1) is 6.20 Å². The van der Waals surface area contributed by atoms with Crippen LogP contribution in [0.5, 0.6) is 0 Å². The molecule has 1 aromatic heterocycles. The number of hydrogen-bond donors (Lipinski definition) is 2. The molecule has 6 nitrogen and oxygen atoms in total. The molecule has 1 saturated heterocycles. The highest BCUT2D eigenvalue weighted by Crippen LogP contribution is 2.15. The molecule has 0 bridgehead atoms. The molecule has 0 amide bonds. The molecule has 2 N–H and O–H groups in total. The van der Waals surface area contributed by atoms with Crippen LogP contribution >= 0.6 is 0 Å². The Hall–Kier alpha value is -0.920. The third-order valence-corrected chi connectivity index (χ3v) is 5.03. The molecule has 108 valence electrons. The van der Waals surface area contributed by atoms with Gasteiger partial charge in [-0.3, -0.25) is 5.10 Å². The van der Waals surface area contributed by atoms with Gasteiger partial charge in [0.25, 0.3) is 0 Å². The normalized spacial score (nSPS) is 18.8. The van der Waals surface area contributed by atoms with E-state index >= 15 is 0 Å². The first-order valence-corrected chi connectivity index (χ1v) is 8.27. The van der Waals surface area contributed by atoms with E-state index in [1.165, 1.54) is 25.2 Å². The highest BCUT2D eigenvalue weighted by atomic mass is 32.2. The summed E-state index contributed by atoms with van der Waals surface area (Å²) in [5.74, 6) is 0.829. The fourth-order valence-electron chi connectivity index (χ4n) is 2.26. The van der Waals surface area contributed by atoms with Gasteiger partial charge in [-0.05, 0) is 44.8 Å². The topological polar surface area (TPSA) is 78.1 Å². The summed E-state index contributed by atoms with van der Waals surface area (Å²) in [5, 5.41) is 6.15. The molecule has 1 aliphatic rings. The molecular formula is C12H22N4O2S. The van der Waals surface area contributed by atoms with E-state index in [4.69, 9.17) is 0 Å². The molecule has 2 rings (SSSR count). The van der Waals surface area contributed by atoms with Crippen LogP contribution in [-0.2, 0) is 10.0 Å². The Morgan fingerprint density at radius 3 is 2.84 bits per heavy atom. The molecule has 1 fully saturated rings. The van der Waals surface area contributed by atoms with Crippen molar-refractivity contribution in [3.05, 3.63) is 12.4 Å². The predicted molar refractivity (Wildman–Crippen MR) is 73.2 cm³/mol. The standard InChI is InChI=1S/C12H22N4O2S/c1-11-3-7-16(8-4-11)6-2-5-15-19(17,18)12-9-13-14-10-12/h9-11,15H,2-8H2,1H3,(H,13,14). The van der Waals surface area contributed by atoms with Crippen molar-refractivity contribution in [2.45, 2.75) is 31.1 Å². The number of H-pyrrole nitrogens is 1. The van der Waals surface area contributed by atoms with E-state index in [0.717, 1.165) is 32.0 Å². The van der Waals surface area contributed by atoms with E-state index < -0.39 is 10.0 Å². The zero-order valence-corrected chi connectivity index (χ0v) is 12.1. The first kappa shape index (κ1) is 14.5. The number of sulfonamides is 1. The average Bonchev–Trinajstić information content (AvgIpc) is 2.91. The lowest BCUT2D eigenvalue weighted by Crippen LogP contribution is -2.35. The van der Waals surface area contributed by atoms with E-state index in [1.807, 2.05) is 0 Å². The molecule has 0 atom stereocenters. The number of aromatic amines is 1. The van der Waals surface area contributed by atoms with Crippen molar-refractivity contribution >= 4 is 10.0 Å². The van der Waals surface area contributed by atoms with Crippen LogP contribution in [0.15, 0.2) is 17.3 Å². The van der Waals surface area contributed by atoms with E-state index in [9.17, 15) is 8.42 Å². The van der Waals surface area contributed by atoms with Crippen LogP contribution in [0.2, 0.25) is 0 Å². The minimum Gasteiger partial charge on any atom is -0.303 e. The molecule has 0 radical (unpaired) electrons. The van der Waals surface area contributed by atoms with Crippen LogP contribution in [0.25, 0.3) is 0 Å². The monoisotopic (exact) mass is 286 g/mol. The maximum Gasteiger partial charge on any atom is 0.243 e. The van der Waals surface area contributed by atoms with E-state index in [0.29, 0.717) is 6.54 Å². The second-order valence-electron chi connectivity index (χ2n) is 5.21. The number of piperidine rings is 1. The van der Waals surface area contributed by atoms with Crippen LogP contribution in [0.3, 0.4) is 0 Å². The van der Waals surface area contributed by atoms with Crippen molar-refractivity contribution in [3.8, 4) is 0 Å². The van der Waals surface area contributed by atoms with Crippen LogP contribution in [0.1, 0.15) is 26.2 Å². The van der Waals surface area contributed by atoms with Gasteiger partial charge in [0.2, 0.25) is 10.0 Å². The minimum absolute atomic E-state index is 0.194. The first-order valence-electron chi connectivity index (χ1n) is 6.79. The second kappa shape index (κ2) is 6.49. The molecule has 0 aromatic carbocycles. The Morgan fingerprint density at radius 2 is 2.21 bits per heavy atom. The van der Waals surface area contributed by atoms with Crippen molar-refractivity contribution in [3.63, 3.8) is 0 Å². The van der Waals surface area contributed by atoms with Crippen molar-refractivity contribution in [2.75, 3.05) is 26.2 Å². The number of rotatable bonds is 6. The lowest BCUT2D eigenvalue weighted by Gasteiger charge is -2.30. The summed E-state index contributed by atoms with van der Waals surface area (Å²) in [4.78, 5) is 2.60. The fourth-order valence-corrected chi connectivity index (χ4v) is 3.24. The van der Waals surface area contributed by atoms with Gasteiger partial charge in [0, 0.05) is 12.7 Å². The van der Waals surface area contributed by atoms with Gasteiger partial charge in [0.15, 0.2) is 0 Å². The molecule has 0 unspecified atom stereocenters. The Bertz CT molecular complexity index is 464. The quantitative estimate of drug-likeness (QED) is 0.759. The van der Waals surface area contributed by atoms with Crippen LogP contribution in [0, 0.1) is 5.92 Å². The van der Waals surface area contributed by atoms with Gasteiger partial charge < -0.3 is 4.90 Å². The van der Waals surface area contributed by atoms with Crippen LogP contribution < -0.4 is 4.72 Å². The molecular weight excluding hydrogens is 264 g/mol. The number of nitrogens with one attached hydrogen (secondary N) is 2. The minimum atomic E-state index is -3.39. The van der Waals surface area contributed by atoms with E-state index in [1.54, 1.807) is 0 Å². The summed E-state index contributed by atoms with van der Waals surface area (Å²) < 4.78 is 26.2. The maximum absolute atomic E-state index is 11.8. The molecule has 1 aromatic rings. The summed E-state index contributed by atoms with van der Waals surface area (Å²) in [6.45, 7) is 5.99. The predicted octanol–water partition coefficient (Wildman–Crippen LogP) is 0.810. The van der Waals surface area contributed by atoms with Crippen molar-refractivity contribution < 1.29 is 8.42 Å². The molecule has 0 aliphatic carbocycles. The molecule has 7 heteroatoms. The number of aromatic nitrogens is 2.